The number of hydrogen-bond donors (Lipinski definition) is 1. The van der Waals surface area contributed by atoms with Crippen molar-refractivity contribution in [3.63, 3.8) is 0 Å². The molecule has 0 fully saturated rings. The number of aliphatic hydroxyl groups is 1. The summed E-state index contributed by atoms with van der Waals surface area (Å²) in [6.45, 7) is 3.72. The van der Waals surface area contributed by atoms with Crippen LogP contribution in [0.5, 0.6) is 5.75 Å². The second-order valence-corrected chi connectivity index (χ2v) is 5.70. The number of fused-ring (bicyclic) bond motifs is 1. The summed E-state index contributed by atoms with van der Waals surface area (Å²) in [5.74, 6) is 0.797. The summed E-state index contributed by atoms with van der Waals surface area (Å²) in [4.78, 5) is 16.2. The van der Waals surface area contributed by atoms with E-state index in [0.29, 0.717) is 19.6 Å². The summed E-state index contributed by atoms with van der Waals surface area (Å²) in [6, 6.07) is 5.55. The molecule has 0 aromatic heterocycles. The molecule has 1 heterocycles. The van der Waals surface area contributed by atoms with Gasteiger partial charge in [0, 0.05) is 6.54 Å². The molecule has 5 nitrogen and oxygen atoms in total. The van der Waals surface area contributed by atoms with E-state index in [1.807, 2.05) is 32.3 Å². The fourth-order valence-electron chi connectivity index (χ4n) is 2.44. The van der Waals surface area contributed by atoms with Crippen molar-refractivity contribution in [1.82, 2.24) is 4.90 Å². The van der Waals surface area contributed by atoms with E-state index in [-0.39, 0.29) is 5.91 Å². The van der Waals surface area contributed by atoms with Crippen molar-refractivity contribution in [1.29, 1.82) is 0 Å². The first-order valence-electron chi connectivity index (χ1n) is 7.39. The van der Waals surface area contributed by atoms with Gasteiger partial charge in [-0.2, -0.15) is 0 Å². The number of nitrogens with zero attached hydrogens (tertiary/aromatic N) is 2. The third-order valence-electron chi connectivity index (χ3n) is 3.62. The number of benzene rings is 1. The molecule has 0 radical (unpaired) electrons. The van der Waals surface area contributed by atoms with Crippen LogP contribution in [-0.2, 0) is 4.79 Å². The van der Waals surface area contributed by atoms with Crippen LogP contribution >= 0.6 is 0 Å². The Morgan fingerprint density at radius 2 is 2.19 bits per heavy atom. The van der Waals surface area contributed by atoms with Gasteiger partial charge < -0.3 is 19.6 Å². The lowest BCUT2D eigenvalue weighted by Crippen LogP contribution is -2.32. The number of rotatable bonds is 5. The van der Waals surface area contributed by atoms with E-state index < -0.39 is 6.10 Å². The van der Waals surface area contributed by atoms with Crippen molar-refractivity contribution in [2.75, 3.05) is 38.7 Å². The Labute approximate surface area is 126 Å². The molecule has 1 aliphatic heterocycles. The highest BCUT2D eigenvalue weighted by molar-refractivity contribution is 5.95. The normalized spacial score (nSPS) is 16.4. The van der Waals surface area contributed by atoms with Gasteiger partial charge in [-0.25, -0.2) is 0 Å². The lowest BCUT2D eigenvalue weighted by molar-refractivity contribution is -0.118. The molecule has 1 amide bonds. The molecule has 1 aromatic carbocycles. The maximum atomic E-state index is 12.3. The van der Waals surface area contributed by atoms with Crippen molar-refractivity contribution in [3.8, 4) is 5.75 Å². The van der Waals surface area contributed by atoms with E-state index in [1.54, 1.807) is 11.8 Å². The smallest absolute Gasteiger partial charge is 0.230 e. The molecule has 1 aliphatic rings. The number of carbonyl (C=O) groups is 1. The molecule has 1 aromatic rings. The molecule has 0 spiro atoms. The predicted octanol–water partition coefficient (Wildman–Crippen LogP) is 1.81. The molecular formula is C16H24N2O3. The first-order chi connectivity index (χ1) is 9.99. The Kier molecular flexibility index (Phi) is 5.20. The van der Waals surface area contributed by atoms with Crippen LogP contribution in [0.4, 0.5) is 5.69 Å². The van der Waals surface area contributed by atoms with E-state index in [0.717, 1.165) is 30.0 Å². The van der Waals surface area contributed by atoms with Crippen LogP contribution in [0.3, 0.4) is 0 Å². The van der Waals surface area contributed by atoms with E-state index in [1.165, 1.54) is 0 Å². The monoisotopic (exact) mass is 292 g/mol. The summed E-state index contributed by atoms with van der Waals surface area (Å²) in [6.07, 6.45) is 0.731. The minimum absolute atomic E-state index is 0.0789. The summed E-state index contributed by atoms with van der Waals surface area (Å²) < 4.78 is 5.66. The zero-order chi connectivity index (χ0) is 15.4. The van der Waals surface area contributed by atoms with Crippen molar-refractivity contribution >= 4 is 11.6 Å². The number of carbonyl (C=O) groups excluding carboxylic acids is 1. The van der Waals surface area contributed by atoms with Gasteiger partial charge in [0.05, 0.1) is 24.8 Å². The molecule has 2 rings (SSSR count). The number of aliphatic hydroxyl groups excluding tert-OH is 1. The van der Waals surface area contributed by atoms with Gasteiger partial charge in [-0.05, 0) is 51.7 Å². The molecule has 5 heteroatoms. The SMILES string of the molecule is CC(O)c1ccc2c(c1)N(CCCN(C)C)C(=O)CCO2. The largest absolute Gasteiger partial charge is 0.491 e. The Morgan fingerprint density at radius 1 is 1.43 bits per heavy atom. The topological polar surface area (TPSA) is 53.0 Å². The Hall–Kier alpha value is -1.59. The van der Waals surface area contributed by atoms with E-state index in [2.05, 4.69) is 4.90 Å². The number of hydrogen-bond acceptors (Lipinski definition) is 4. The van der Waals surface area contributed by atoms with Crippen molar-refractivity contribution in [3.05, 3.63) is 23.8 Å². The maximum Gasteiger partial charge on any atom is 0.230 e. The van der Waals surface area contributed by atoms with Crippen LogP contribution in [-0.4, -0.2) is 49.7 Å². The average Bonchev–Trinajstić information content (AvgIpc) is 2.57. The lowest BCUT2D eigenvalue weighted by Gasteiger charge is -2.23. The molecule has 1 N–H and O–H groups in total. The lowest BCUT2D eigenvalue weighted by atomic mass is 10.1. The number of amides is 1. The molecule has 0 aliphatic carbocycles. The van der Waals surface area contributed by atoms with Crippen molar-refractivity contribution in [2.24, 2.45) is 0 Å². The molecule has 0 bridgehead atoms. The molecule has 116 valence electrons. The van der Waals surface area contributed by atoms with E-state index in [4.69, 9.17) is 4.74 Å². The molecular weight excluding hydrogens is 268 g/mol. The highest BCUT2D eigenvalue weighted by Crippen LogP contribution is 2.34. The molecule has 0 saturated heterocycles. The predicted molar refractivity (Wildman–Crippen MR) is 82.7 cm³/mol. The molecule has 0 saturated carbocycles. The average molecular weight is 292 g/mol. The van der Waals surface area contributed by atoms with Crippen LogP contribution in [0.1, 0.15) is 31.4 Å². The number of ether oxygens (including phenoxy) is 1. The summed E-state index contributed by atoms with van der Waals surface area (Å²) >= 11 is 0. The molecule has 1 unspecified atom stereocenters. The van der Waals surface area contributed by atoms with Crippen LogP contribution in [0.15, 0.2) is 18.2 Å². The van der Waals surface area contributed by atoms with Gasteiger partial charge in [0.15, 0.2) is 0 Å². The third kappa shape index (κ3) is 3.95. The van der Waals surface area contributed by atoms with Gasteiger partial charge in [-0.1, -0.05) is 6.07 Å². The van der Waals surface area contributed by atoms with Gasteiger partial charge in [0.2, 0.25) is 5.91 Å². The fraction of sp³-hybridized carbons (Fsp3) is 0.562. The fourth-order valence-corrected chi connectivity index (χ4v) is 2.44. The first-order valence-corrected chi connectivity index (χ1v) is 7.39. The van der Waals surface area contributed by atoms with Gasteiger partial charge in [0.25, 0.3) is 0 Å². The van der Waals surface area contributed by atoms with Gasteiger partial charge in [0.1, 0.15) is 5.75 Å². The van der Waals surface area contributed by atoms with Gasteiger partial charge in [-0.3, -0.25) is 4.79 Å². The van der Waals surface area contributed by atoms with Crippen LogP contribution in [0.25, 0.3) is 0 Å². The zero-order valence-electron chi connectivity index (χ0n) is 13.0. The Bertz CT molecular complexity index is 500. The van der Waals surface area contributed by atoms with Gasteiger partial charge in [-0.15, -0.1) is 0 Å². The number of anilines is 1. The summed E-state index contributed by atoms with van der Waals surface area (Å²) in [7, 11) is 4.04. The van der Waals surface area contributed by atoms with Crippen LogP contribution in [0.2, 0.25) is 0 Å². The second-order valence-electron chi connectivity index (χ2n) is 5.70. The van der Waals surface area contributed by atoms with Crippen molar-refractivity contribution in [2.45, 2.75) is 25.9 Å². The van der Waals surface area contributed by atoms with Crippen LogP contribution < -0.4 is 9.64 Å². The minimum Gasteiger partial charge on any atom is -0.491 e. The zero-order valence-corrected chi connectivity index (χ0v) is 13.0. The van der Waals surface area contributed by atoms with Crippen molar-refractivity contribution < 1.29 is 14.6 Å². The maximum absolute atomic E-state index is 12.3. The Morgan fingerprint density at radius 3 is 2.86 bits per heavy atom. The first kappa shape index (κ1) is 15.8. The minimum atomic E-state index is -0.558. The Balaban J connectivity index is 2.25. The van der Waals surface area contributed by atoms with Gasteiger partial charge >= 0.3 is 0 Å². The summed E-state index contributed by atoms with van der Waals surface area (Å²) in [5.41, 5.74) is 1.57. The highest BCUT2D eigenvalue weighted by Gasteiger charge is 2.23. The standard InChI is InChI=1S/C16H24N2O3/c1-12(19)13-5-6-15-14(11-13)18(9-4-8-17(2)3)16(20)7-10-21-15/h5-6,11-12,19H,4,7-10H2,1-3H3. The molecule has 1 atom stereocenters. The third-order valence-corrected chi connectivity index (χ3v) is 3.62. The van der Waals surface area contributed by atoms with E-state index in [9.17, 15) is 9.90 Å². The van der Waals surface area contributed by atoms with E-state index >= 15 is 0 Å². The quantitative estimate of drug-likeness (QED) is 0.899. The van der Waals surface area contributed by atoms with Crippen LogP contribution in [0, 0.1) is 0 Å². The highest BCUT2D eigenvalue weighted by atomic mass is 16.5. The molecule has 21 heavy (non-hydrogen) atoms. The summed E-state index contributed by atoms with van der Waals surface area (Å²) in [5, 5.41) is 9.75. The second kappa shape index (κ2) is 6.91.